The molecule has 0 atom stereocenters. The van der Waals surface area contributed by atoms with Gasteiger partial charge in [0.2, 0.25) is 11.9 Å². The average Bonchev–Trinajstić information content (AvgIpc) is 3.57. The van der Waals surface area contributed by atoms with Gasteiger partial charge in [0, 0.05) is 37.1 Å². The van der Waals surface area contributed by atoms with Crippen molar-refractivity contribution in [3.63, 3.8) is 0 Å². The van der Waals surface area contributed by atoms with Gasteiger partial charge in [0.05, 0.1) is 18.6 Å². The second kappa shape index (κ2) is 10.8. The van der Waals surface area contributed by atoms with E-state index in [0.717, 1.165) is 55.6 Å². The lowest BCUT2D eigenvalue weighted by Gasteiger charge is -2.27. The van der Waals surface area contributed by atoms with Crippen LogP contribution in [0.4, 0.5) is 17.3 Å². The zero-order valence-corrected chi connectivity index (χ0v) is 20.3. The van der Waals surface area contributed by atoms with Crippen molar-refractivity contribution in [2.45, 2.75) is 51.4 Å². The lowest BCUT2D eigenvalue weighted by Crippen LogP contribution is -2.30. The number of carbonyl (C=O) groups excluding carboxylic acids is 1. The zero-order valence-electron chi connectivity index (χ0n) is 19.5. The molecular formula is C24H32N6O2S. The minimum Gasteiger partial charge on any atom is -0.467 e. The van der Waals surface area contributed by atoms with E-state index in [0.29, 0.717) is 17.7 Å². The molecular weight excluding hydrogens is 436 g/mol. The van der Waals surface area contributed by atoms with Gasteiger partial charge >= 0.3 is 0 Å². The van der Waals surface area contributed by atoms with Crippen LogP contribution in [-0.2, 0) is 11.3 Å². The molecule has 1 aliphatic rings. The molecule has 0 aliphatic carbocycles. The second-order valence-electron chi connectivity index (χ2n) is 8.41. The van der Waals surface area contributed by atoms with Crippen molar-refractivity contribution in [2.24, 2.45) is 0 Å². The van der Waals surface area contributed by atoms with Crippen molar-refractivity contribution >= 4 is 35.0 Å². The third kappa shape index (κ3) is 5.71. The van der Waals surface area contributed by atoms with Crippen molar-refractivity contribution in [3.05, 3.63) is 48.4 Å². The van der Waals surface area contributed by atoms with Crippen molar-refractivity contribution < 1.29 is 9.21 Å². The first kappa shape index (κ1) is 23.2. The lowest BCUT2D eigenvalue weighted by molar-refractivity contribution is -0.113. The van der Waals surface area contributed by atoms with Gasteiger partial charge in [-0.1, -0.05) is 11.8 Å². The molecule has 3 aromatic rings. The van der Waals surface area contributed by atoms with Crippen molar-refractivity contribution in [1.29, 1.82) is 0 Å². The summed E-state index contributed by atoms with van der Waals surface area (Å²) < 4.78 is 7.59. The number of nitrogens with one attached hydrogen (secondary N) is 1. The van der Waals surface area contributed by atoms with Crippen molar-refractivity contribution in [3.8, 4) is 0 Å². The van der Waals surface area contributed by atoms with Crippen molar-refractivity contribution in [2.75, 3.05) is 40.5 Å². The van der Waals surface area contributed by atoms with Gasteiger partial charge in [-0.3, -0.25) is 9.36 Å². The monoisotopic (exact) mass is 468 g/mol. The maximum Gasteiger partial charge on any atom is 0.234 e. The Morgan fingerprint density at radius 1 is 1.18 bits per heavy atom. The van der Waals surface area contributed by atoms with Gasteiger partial charge in [-0.2, -0.15) is 0 Å². The fourth-order valence-corrected chi connectivity index (χ4v) is 4.88. The predicted octanol–water partition coefficient (Wildman–Crippen LogP) is 4.49. The topological polar surface area (TPSA) is 79.4 Å². The Kier molecular flexibility index (Phi) is 7.59. The molecule has 1 saturated heterocycles. The van der Waals surface area contributed by atoms with Crippen molar-refractivity contribution in [1.82, 2.24) is 14.8 Å². The van der Waals surface area contributed by atoms with E-state index in [2.05, 4.69) is 58.2 Å². The Morgan fingerprint density at radius 2 is 1.94 bits per heavy atom. The number of carbonyl (C=O) groups is 1. The first-order chi connectivity index (χ1) is 16.0. The zero-order chi connectivity index (χ0) is 23.2. The van der Waals surface area contributed by atoms with Gasteiger partial charge in [0.1, 0.15) is 5.76 Å². The number of aromatic nitrogens is 3. The number of rotatable bonds is 10. The van der Waals surface area contributed by atoms with Gasteiger partial charge in [0.25, 0.3) is 0 Å². The van der Waals surface area contributed by atoms with Crippen LogP contribution < -0.4 is 15.1 Å². The Morgan fingerprint density at radius 3 is 2.58 bits per heavy atom. The summed E-state index contributed by atoms with van der Waals surface area (Å²) in [6.07, 6.45) is 3.98. The first-order valence-electron chi connectivity index (χ1n) is 11.5. The fraction of sp³-hybridized carbons (Fsp3) is 0.458. The van der Waals surface area contributed by atoms with Crippen LogP contribution in [0.25, 0.3) is 0 Å². The number of nitrogens with zero attached hydrogens (tertiary/aromatic N) is 5. The molecule has 8 nitrogen and oxygen atoms in total. The molecule has 1 aliphatic heterocycles. The van der Waals surface area contributed by atoms with Crippen LogP contribution in [0.3, 0.4) is 0 Å². The summed E-state index contributed by atoms with van der Waals surface area (Å²) >= 11 is 1.39. The van der Waals surface area contributed by atoms with Crippen LogP contribution in [-0.4, -0.2) is 52.1 Å². The minimum atomic E-state index is -0.0702. The maximum atomic E-state index is 12.6. The Hall–Kier alpha value is -2.94. The molecule has 1 amide bonds. The number of hydrogen-bond donors (Lipinski definition) is 1. The summed E-state index contributed by atoms with van der Waals surface area (Å²) in [7, 11) is 0. The van der Waals surface area contributed by atoms with Gasteiger partial charge in [-0.15, -0.1) is 10.2 Å². The highest BCUT2D eigenvalue weighted by Crippen LogP contribution is 2.26. The third-order valence-electron chi connectivity index (χ3n) is 5.76. The molecule has 176 valence electrons. The number of benzene rings is 1. The number of furan rings is 1. The van der Waals surface area contributed by atoms with E-state index in [1.54, 1.807) is 6.26 Å². The summed E-state index contributed by atoms with van der Waals surface area (Å²) in [4.78, 5) is 17.2. The number of hydrogen-bond acceptors (Lipinski definition) is 7. The van der Waals surface area contributed by atoms with Gasteiger partial charge in [0.15, 0.2) is 5.16 Å². The summed E-state index contributed by atoms with van der Waals surface area (Å²) in [6.45, 7) is 9.94. The fourth-order valence-electron chi connectivity index (χ4n) is 4.14. The van der Waals surface area contributed by atoms with Gasteiger partial charge in [-0.25, -0.2) is 0 Å². The highest BCUT2D eigenvalue weighted by molar-refractivity contribution is 7.99. The molecule has 2 aromatic heterocycles. The van der Waals surface area contributed by atoms with Crippen LogP contribution in [0.15, 0.2) is 52.2 Å². The number of thioether (sulfide) groups is 1. The second-order valence-corrected chi connectivity index (χ2v) is 9.35. The molecule has 9 heteroatoms. The predicted molar refractivity (Wildman–Crippen MR) is 133 cm³/mol. The number of amides is 1. The summed E-state index contributed by atoms with van der Waals surface area (Å²) in [5, 5.41) is 12.5. The first-order valence-corrected chi connectivity index (χ1v) is 12.5. The van der Waals surface area contributed by atoms with E-state index < -0.39 is 0 Å². The van der Waals surface area contributed by atoms with Crippen LogP contribution in [0, 0.1) is 0 Å². The summed E-state index contributed by atoms with van der Waals surface area (Å²) in [5.41, 5.74) is 1.94. The third-order valence-corrected chi connectivity index (χ3v) is 6.73. The van der Waals surface area contributed by atoms with Gasteiger partial charge < -0.3 is 19.5 Å². The Bertz CT molecular complexity index is 1030. The largest absolute Gasteiger partial charge is 0.467 e. The highest BCUT2D eigenvalue weighted by Gasteiger charge is 2.22. The quantitative estimate of drug-likeness (QED) is 0.439. The summed E-state index contributed by atoms with van der Waals surface area (Å²) in [6, 6.07) is 12.3. The molecule has 1 aromatic carbocycles. The smallest absolute Gasteiger partial charge is 0.234 e. The lowest BCUT2D eigenvalue weighted by atomic mass is 10.2. The SMILES string of the molecule is CCN(c1ccc(NC(=O)CSc2nnc(N3CCCC3)n2Cc2ccco2)cc1)C(C)C. The Balaban J connectivity index is 1.39. The minimum absolute atomic E-state index is 0.0702. The van der Waals surface area contributed by atoms with Crippen LogP contribution in [0.1, 0.15) is 39.4 Å². The molecule has 3 heterocycles. The summed E-state index contributed by atoms with van der Waals surface area (Å²) in [5.74, 6) is 1.86. The van der Waals surface area contributed by atoms with Crippen LogP contribution >= 0.6 is 11.8 Å². The molecule has 0 bridgehead atoms. The normalized spacial score (nSPS) is 13.6. The van der Waals surface area contributed by atoms with E-state index in [1.165, 1.54) is 11.8 Å². The van der Waals surface area contributed by atoms with E-state index in [4.69, 9.17) is 4.42 Å². The molecule has 1 N–H and O–H groups in total. The standard InChI is InChI=1S/C24H32N6O2S/c1-4-29(18(2)3)20-11-9-19(10-12-20)25-22(31)17-33-24-27-26-23(28-13-5-6-14-28)30(24)16-21-8-7-15-32-21/h7-12,15,18H,4-6,13-14,16-17H2,1-3H3,(H,25,31). The highest BCUT2D eigenvalue weighted by atomic mass is 32.2. The molecule has 4 rings (SSSR count). The molecule has 0 spiro atoms. The maximum absolute atomic E-state index is 12.6. The van der Waals surface area contributed by atoms with E-state index in [-0.39, 0.29) is 11.7 Å². The Labute approximate surface area is 199 Å². The van der Waals surface area contributed by atoms with E-state index in [1.807, 2.05) is 28.8 Å². The molecule has 0 radical (unpaired) electrons. The molecule has 0 unspecified atom stereocenters. The van der Waals surface area contributed by atoms with Crippen LogP contribution in [0.5, 0.6) is 0 Å². The molecule has 33 heavy (non-hydrogen) atoms. The van der Waals surface area contributed by atoms with Gasteiger partial charge in [-0.05, 0) is 70.0 Å². The average molecular weight is 469 g/mol. The molecule has 1 fully saturated rings. The van der Waals surface area contributed by atoms with E-state index in [9.17, 15) is 4.79 Å². The number of anilines is 3. The van der Waals surface area contributed by atoms with Crippen LogP contribution in [0.2, 0.25) is 0 Å². The van der Waals surface area contributed by atoms with E-state index >= 15 is 0 Å². The molecule has 0 saturated carbocycles.